The van der Waals surface area contributed by atoms with E-state index in [1.54, 1.807) is 37.8 Å². The van der Waals surface area contributed by atoms with Crippen LogP contribution in [0.3, 0.4) is 0 Å². The van der Waals surface area contributed by atoms with Crippen LogP contribution in [-0.4, -0.2) is 30.9 Å². The number of carbonyl (C=O) groups excluding carboxylic acids is 1. The molecule has 1 unspecified atom stereocenters. The van der Waals surface area contributed by atoms with E-state index in [0.29, 0.717) is 22.2 Å². The first-order chi connectivity index (χ1) is 10.6. The number of halogens is 1. The summed E-state index contributed by atoms with van der Waals surface area (Å²) in [5.74, 6) is -0.209. The van der Waals surface area contributed by atoms with E-state index in [4.69, 9.17) is 26.3 Å². The van der Waals surface area contributed by atoms with Crippen molar-refractivity contribution >= 4 is 28.7 Å². The average molecular weight is 337 g/mol. The predicted octanol–water partition coefficient (Wildman–Crippen LogP) is 3.24. The van der Waals surface area contributed by atoms with Crippen LogP contribution in [0.4, 0.5) is 0 Å². The zero-order chi connectivity index (χ0) is 16.1. The summed E-state index contributed by atoms with van der Waals surface area (Å²) < 4.78 is 10.5. The normalized spacial score (nSPS) is 11.5. The molecule has 0 aliphatic carbocycles. The Morgan fingerprint density at radius 2 is 2.23 bits per heavy atom. The van der Waals surface area contributed by atoms with Crippen LogP contribution in [0.1, 0.15) is 10.9 Å². The van der Waals surface area contributed by atoms with Gasteiger partial charge in [-0.05, 0) is 18.2 Å². The van der Waals surface area contributed by atoms with E-state index in [-0.39, 0.29) is 11.7 Å². The highest BCUT2D eigenvalue weighted by atomic mass is 35.5. The molecule has 0 amide bonds. The Bertz CT molecular complexity index is 724. The molecule has 2 aromatic rings. The molecule has 0 radical (unpaired) electrons. The van der Waals surface area contributed by atoms with Crippen molar-refractivity contribution < 1.29 is 14.3 Å². The first-order valence-electron chi connectivity index (χ1n) is 6.30. The van der Waals surface area contributed by atoms with Crippen molar-refractivity contribution in [1.29, 1.82) is 5.26 Å². The fraction of sp³-hybridized carbons (Fsp3) is 0.267. The number of hydrogen-bond acceptors (Lipinski definition) is 6. The molecule has 1 heterocycles. The highest BCUT2D eigenvalue weighted by molar-refractivity contribution is 7.10. The van der Waals surface area contributed by atoms with Crippen molar-refractivity contribution in [1.82, 2.24) is 4.98 Å². The molecule has 2 rings (SSSR count). The van der Waals surface area contributed by atoms with Crippen LogP contribution in [0, 0.1) is 11.3 Å². The molecular weight excluding hydrogens is 324 g/mol. The fourth-order valence-electron chi connectivity index (χ4n) is 1.90. The molecule has 0 fully saturated rings. The maximum absolute atomic E-state index is 11.7. The van der Waals surface area contributed by atoms with E-state index in [9.17, 15) is 4.79 Å². The molecule has 22 heavy (non-hydrogen) atoms. The second-order valence-electron chi connectivity index (χ2n) is 4.30. The Hall–Kier alpha value is -2.10. The van der Waals surface area contributed by atoms with Crippen molar-refractivity contribution in [3.05, 3.63) is 28.6 Å². The summed E-state index contributed by atoms with van der Waals surface area (Å²) in [5.41, 5.74) is 1.36. The Morgan fingerprint density at radius 1 is 1.45 bits per heavy atom. The first-order valence-corrected chi connectivity index (χ1v) is 7.72. The van der Waals surface area contributed by atoms with E-state index < -0.39 is 5.92 Å². The van der Waals surface area contributed by atoms with Crippen molar-refractivity contribution in [2.24, 2.45) is 0 Å². The summed E-state index contributed by atoms with van der Waals surface area (Å²) in [6, 6.07) is 7.30. The average Bonchev–Trinajstić information content (AvgIpc) is 3.04. The van der Waals surface area contributed by atoms with Crippen LogP contribution < -0.4 is 9.47 Å². The van der Waals surface area contributed by atoms with E-state index in [1.165, 1.54) is 11.3 Å². The minimum Gasteiger partial charge on any atom is -0.497 e. The van der Waals surface area contributed by atoms with Crippen LogP contribution in [0.5, 0.6) is 11.5 Å². The monoisotopic (exact) mass is 336 g/mol. The molecule has 0 saturated carbocycles. The van der Waals surface area contributed by atoms with Crippen molar-refractivity contribution in [2.45, 2.75) is 5.92 Å². The van der Waals surface area contributed by atoms with Gasteiger partial charge in [-0.25, -0.2) is 4.98 Å². The third-order valence-electron chi connectivity index (χ3n) is 3.03. The number of methoxy groups -OCH3 is 2. The van der Waals surface area contributed by atoms with Crippen LogP contribution in [0.2, 0.25) is 0 Å². The van der Waals surface area contributed by atoms with Gasteiger partial charge in [-0.2, -0.15) is 5.26 Å². The maximum atomic E-state index is 11.7. The highest BCUT2D eigenvalue weighted by Gasteiger charge is 2.23. The number of ketones is 1. The number of thiazole rings is 1. The van der Waals surface area contributed by atoms with Gasteiger partial charge in [-0.15, -0.1) is 22.9 Å². The molecule has 1 aromatic carbocycles. The van der Waals surface area contributed by atoms with Crippen LogP contribution in [0.25, 0.3) is 11.3 Å². The number of carbonyl (C=O) groups is 1. The van der Waals surface area contributed by atoms with Crippen molar-refractivity contribution in [3.8, 4) is 28.8 Å². The Kier molecular flexibility index (Phi) is 5.36. The first kappa shape index (κ1) is 16.3. The summed E-state index contributed by atoms with van der Waals surface area (Å²) in [5, 5.41) is 11.3. The third-order valence-corrected chi connectivity index (χ3v) is 4.21. The lowest BCUT2D eigenvalue weighted by molar-refractivity contribution is -0.117. The van der Waals surface area contributed by atoms with Crippen molar-refractivity contribution in [3.63, 3.8) is 0 Å². The second kappa shape index (κ2) is 7.25. The van der Waals surface area contributed by atoms with Crippen molar-refractivity contribution in [2.75, 3.05) is 20.1 Å². The standard InChI is InChI=1S/C15H13ClN2O3S/c1-20-9-3-4-14(21-2)10(5-9)12-8-22-15(18-12)11(7-17)13(19)6-16/h3-5,8,11H,6H2,1-2H3. The van der Waals surface area contributed by atoms with Gasteiger partial charge in [-0.3, -0.25) is 4.79 Å². The van der Waals surface area contributed by atoms with Gasteiger partial charge in [0, 0.05) is 10.9 Å². The Balaban J connectivity index is 2.44. The molecule has 0 bridgehead atoms. The summed E-state index contributed by atoms with van der Waals surface area (Å²) in [4.78, 5) is 16.1. The number of nitriles is 1. The SMILES string of the molecule is COc1ccc(OC)c(-c2csc(C(C#N)C(=O)CCl)n2)c1. The van der Waals surface area contributed by atoms with Crippen LogP contribution in [0.15, 0.2) is 23.6 Å². The predicted molar refractivity (Wildman–Crippen MR) is 84.7 cm³/mol. The molecule has 7 heteroatoms. The number of Topliss-reactive ketones (excluding diaryl/α,β-unsaturated/α-hetero) is 1. The van der Waals surface area contributed by atoms with E-state index in [0.717, 1.165) is 5.56 Å². The van der Waals surface area contributed by atoms with Gasteiger partial charge in [0.1, 0.15) is 16.5 Å². The molecule has 1 aromatic heterocycles. The molecule has 0 aliphatic rings. The zero-order valence-corrected chi connectivity index (χ0v) is 13.6. The number of hydrogen-bond donors (Lipinski definition) is 0. The van der Waals surface area contributed by atoms with E-state index in [2.05, 4.69) is 4.98 Å². The number of benzene rings is 1. The second-order valence-corrected chi connectivity index (χ2v) is 5.46. The van der Waals surface area contributed by atoms with Gasteiger partial charge >= 0.3 is 0 Å². The lowest BCUT2D eigenvalue weighted by Crippen LogP contribution is -2.11. The van der Waals surface area contributed by atoms with E-state index in [1.807, 2.05) is 6.07 Å². The Morgan fingerprint density at radius 3 is 2.82 bits per heavy atom. The fourth-order valence-corrected chi connectivity index (χ4v) is 2.94. The lowest BCUT2D eigenvalue weighted by atomic mass is 10.1. The Labute approximate surface area is 137 Å². The van der Waals surface area contributed by atoms with Gasteiger partial charge < -0.3 is 9.47 Å². The summed E-state index contributed by atoms with van der Waals surface area (Å²) >= 11 is 6.77. The van der Waals surface area contributed by atoms with Gasteiger partial charge in [0.2, 0.25) is 0 Å². The van der Waals surface area contributed by atoms with E-state index >= 15 is 0 Å². The van der Waals surface area contributed by atoms with Crippen LogP contribution in [-0.2, 0) is 4.79 Å². The van der Waals surface area contributed by atoms with Gasteiger partial charge in [-0.1, -0.05) is 0 Å². The number of nitrogens with zero attached hydrogens (tertiary/aromatic N) is 2. The minimum absolute atomic E-state index is 0.213. The van der Waals surface area contributed by atoms with Gasteiger partial charge in [0.25, 0.3) is 0 Å². The molecular formula is C15H13ClN2O3S. The van der Waals surface area contributed by atoms with Crippen LogP contribution >= 0.6 is 22.9 Å². The quantitative estimate of drug-likeness (QED) is 0.757. The number of alkyl halides is 1. The zero-order valence-electron chi connectivity index (χ0n) is 12.0. The molecule has 1 atom stereocenters. The number of ether oxygens (including phenoxy) is 2. The molecule has 114 valence electrons. The number of rotatable bonds is 6. The van der Waals surface area contributed by atoms with Gasteiger partial charge in [0.15, 0.2) is 11.7 Å². The third kappa shape index (κ3) is 3.21. The molecule has 0 spiro atoms. The van der Waals surface area contributed by atoms with Gasteiger partial charge in [0.05, 0.1) is 31.9 Å². The molecule has 5 nitrogen and oxygen atoms in total. The molecule has 0 aliphatic heterocycles. The summed E-state index contributed by atoms with van der Waals surface area (Å²) in [7, 11) is 3.14. The maximum Gasteiger partial charge on any atom is 0.171 e. The topological polar surface area (TPSA) is 72.2 Å². The minimum atomic E-state index is -0.937. The number of aromatic nitrogens is 1. The highest BCUT2D eigenvalue weighted by Crippen LogP contribution is 2.35. The summed E-state index contributed by atoms with van der Waals surface area (Å²) in [6.45, 7) is 0. The largest absolute Gasteiger partial charge is 0.497 e. The summed E-state index contributed by atoms with van der Waals surface area (Å²) in [6.07, 6.45) is 0. The lowest BCUT2D eigenvalue weighted by Gasteiger charge is -2.08. The molecule has 0 saturated heterocycles. The smallest absolute Gasteiger partial charge is 0.171 e. The molecule has 0 N–H and O–H groups in total.